The molecule has 0 unspecified atom stereocenters. The standard InChI is InChI=1S/C22H22FN3O2S/c1-15-20(29-21(24-15)16-6-8-17(23)9-7-16)22(27)26-12-10-25(11-13-26)18-4-3-5-19(14-18)28-2/h3-9,14H,10-13H2,1-2H3. The number of anilines is 1. The van der Waals surface area contributed by atoms with Crippen LogP contribution in [0.25, 0.3) is 10.6 Å². The van der Waals surface area contributed by atoms with E-state index < -0.39 is 0 Å². The number of aryl methyl sites for hydroxylation is 1. The summed E-state index contributed by atoms with van der Waals surface area (Å²) in [5.74, 6) is 0.556. The molecule has 0 spiro atoms. The molecule has 1 aromatic heterocycles. The Hall–Kier alpha value is -2.93. The lowest BCUT2D eigenvalue weighted by molar-refractivity contribution is 0.0750. The van der Waals surface area contributed by atoms with E-state index in [2.05, 4.69) is 16.0 Å². The lowest BCUT2D eigenvalue weighted by Crippen LogP contribution is -2.48. The van der Waals surface area contributed by atoms with Gasteiger partial charge in [-0.05, 0) is 43.3 Å². The molecule has 0 N–H and O–H groups in total. The van der Waals surface area contributed by atoms with Crippen LogP contribution in [0, 0.1) is 12.7 Å². The van der Waals surface area contributed by atoms with Gasteiger partial charge in [-0.3, -0.25) is 4.79 Å². The summed E-state index contributed by atoms with van der Waals surface area (Å²) in [7, 11) is 1.66. The van der Waals surface area contributed by atoms with Crippen LogP contribution in [0.1, 0.15) is 15.4 Å². The van der Waals surface area contributed by atoms with Crippen LogP contribution in [-0.2, 0) is 0 Å². The maximum absolute atomic E-state index is 13.2. The maximum atomic E-state index is 13.2. The Bertz CT molecular complexity index is 1010. The molecule has 3 aromatic rings. The summed E-state index contributed by atoms with van der Waals surface area (Å²) in [6.07, 6.45) is 0. The van der Waals surface area contributed by atoms with E-state index in [4.69, 9.17) is 4.74 Å². The first-order chi connectivity index (χ1) is 14.0. The summed E-state index contributed by atoms with van der Waals surface area (Å²) in [6.45, 7) is 4.69. The summed E-state index contributed by atoms with van der Waals surface area (Å²) in [5, 5.41) is 0.737. The van der Waals surface area contributed by atoms with E-state index in [0.29, 0.717) is 18.0 Å². The number of carbonyl (C=O) groups is 1. The van der Waals surface area contributed by atoms with E-state index in [1.165, 1.54) is 23.5 Å². The van der Waals surface area contributed by atoms with Crippen molar-refractivity contribution in [2.24, 2.45) is 0 Å². The minimum absolute atomic E-state index is 0.0126. The molecule has 4 rings (SSSR count). The lowest BCUT2D eigenvalue weighted by atomic mass is 10.2. The number of hydrogen-bond acceptors (Lipinski definition) is 5. The quantitative estimate of drug-likeness (QED) is 0.645. The molecule has 0 saturated carbocycles. The predicted molar refractivity (Wildman–Crippen MR) is 113 cm³/mol. The maximum Gasteiger partial charge on any atom is 0.265 e. The Kier molecular flexibility index (Phi) is 5.49. The van der Waals surface area contributed by atoms with Crippen LogP contribution < -0.4 is 9.64 Å². The number of hydrogen-bond donors (Lipinski definition) is 0. The van der Waals surface area contributed by atoms with Gasteiger partial charge >= 0.3 is 0 Å². The fraction of sp³-hybridized carbons (Fsp3) is 0.273. The zero-order valence-electron chi connectivity index (χ0n) is 16.4. The minimum Gasteiger partial charge on any atom is -0.497 e. The van der Waals surface area contributed by atoms with E-state index in [0.717, 1.165) is 40.8 Å². The first-order valence-electron chi connectivity index (χ1n) is 9.47. The Morgan fingerprint density at radius 1 is 1.10 bits per heavy atom. The molecule has 0 bridgehead atoms. The zero-order valence-corrected chi connectivity index (χ0v) is 17.2. The van der Waals surface area contributed by atoms with Gasteiger partial charge in [0.05, 0.1) is 12.8 Å². The topological polar surface area (TPSA) is 45.7 Å². The van der Waals surface area contributed by atoms with Crippen molar-refractivity contribution in [1.82, 2.24) is 9.88 Å². The number of ether oxygens (including phenoxy) is 1. The number of carbonyl (C=O) groups excluding carboxylic acids is 1. The summed E-state index contributed by atoms with van der Waals surface area (Å²) in [5.41, 5.74) is 2.64. The van der Waals surface area contributed by atoms with Crippen LogP contribution >= 0.6 is 11.3 Å². The molecule has 2 heterocycles. The molecule has 0 radical (unpaired) electrons. The first-order valence-corrected chi connectivity index (χ1v) is 10.3. The molecule has 0 atom stereocenters. The fourth-order valence-electron chi connectivity index (χ4n) is 3.43. The molecule has 1 aliphatic heterocycles. The van der Waals surface area contributed by atoms with E-state index in [1.54, 1.807) is 19.2 Å². The second-order valence-corrected chi connectivity index (χ2v) is 7.92. The molecular formula is C22H22FN3O2S. The number of thiazole rings is 1. The van der Waals surface area contributed by atoms with Crippen molar-refractivity contribution < 1.29 is 13.9 Å². The smallest absolute Gasteiger partial charge is 0.265 e. The van der Waals surface area contributed by atoms with Gasteiger partial charge in [0, 0.05) is 43.5 Å². The average Bonchev–Trinajstić information content (AvgIpc) is 3.15. The lowest BCUT2D eigenvalue weighted by Gasteiger charge is -2.36. The number of nitrogens with zero attached hydrogens (tertiary/aromatic N) is 3. The molecule has 5 nitrogen and oxygen atoms in total. The highest BCUT2D eigenvalue weighted by molar-refractivity contribution is 7.17. The normalized spacial score (nSPS) is 14.2. The number of methoxy groups -OCH3 is 1. The van der Waals surface area contributed by atoms with Crippen LogP contribution in [0.15, 0.2) is 48.5 Å². The minimum atomic E-state index is -0.285. The van der Waals surface area contributed by atoms with Crippen molar-refractivity contribution in [3.05, 3.63) is 64.9 Å². The van der Waals surface area contributed by atoms with Gasteiger partial charge in [0.15, 0.2) is 0 Å². The van der Waals surface area contributed by atoms with Gasteiger partial charge in [-0.1, -0.05) is 6.07 Å². The molecule has 1 amide bonds. The van der Waals surface area contributed by atoms with Gasteiger partial charge in [-0.15, -0.1) is 11.3 Å². The molecular weight excluding hydrogens is 389 g/mol. The Labute approximate surface area is 173 Å². The highest BCUT2D eigenvalue weighted by atomic mass is 32.1. The molecule has 2 aromatic carbocycles. The van der Waals surface area contributed by atoms with E-state index in [9.17, 15) is 9.18 Å². The van der Waals surface area contributed by atoms with Crippen molar-refractivity contribution in [3.8, 4) is 16.3 Å². The van der Waals surface area contributed by atoms with Crippen LogP contribution in [0.4, 0.5) is 10.1 Å². The second kappa shape index (κ2) is 8.21. The van der Waals surface area contributed by atoms with Gasteiger partial charge in [-0.2, -0.15) is 0 Å². The van der Waals surface area contributed by atoms with Gasteiger partial charge in [0.25, 0.3) is 5.91 Å². The third-order valence-electron chi connectivity index (χ3n) is 5.07. The van der Waals surface area contributed by atoms with Gasteiger partial charge < -0.3 is 14.5 Å². The summed E-state index contributed by atoms with van der Waals surface area (Å²) >= 11 is 1.37. The van der Waals surface area contributed by atoms with Crippen LogP contribution in [-0.4, -0.2) is 49.1 Å². The van der Waals surface area contributed by atoms with Crippen molar-refractivity contribution in [2.75, 3.05) is 38.2 Å². The molecule has 29 heavy (non-hydrogen) atoms. The Morgan fingerprint density at radius 2 is 1.83 bits per heavy atom. The van der Waals surface area contributed by atoms with E-state index >= 15 is 0 Å². The van der Waals surface area contributed by atoms with Crippen LogP contribution in [0.3, 0.4) is 0 Å². The summed E-state index contributed by atoms with van der Waals surface area (Å²) in [6, 6.07) is 14.2. The number of benzene rings is 2. The molecule has 1 aliphatic rings. The Morgan fingerprint density at radius 3 is 2.52 bits per heavy atom. The summed E-state index contributed by atoms with van der Waals surface area (Å²) in [4.78, 5) is 22.4. The van der Waals surface area contributed by atoms with Crippen LogP contribution in [0.5, 0.6) is 5.75 Å². The van der Waals surface area contributed by atoms with E-state index in [-0.39, 0.29) is 11.7 Å². The van der Waals surface area contributed by atoms with Gasteiger partial charge in [0.2, 0.25) is 0 Å². The number of aromatic nitrogens is 1. The van der Waals surface area contributed by atoms with Crippen molar-refractivity contribution in [3.63, 3.8) is 0 Å². The number of amides is 1. The van der Waals surface area contributed by atoms with Crippen molar-refractivity contribution >= 4 is 22.9 Å². The molecule has 1 fully saturated rings. The van der Waals surface area contributed by atoms with Gasteiger partial charge in [0.1, 0.15) is 21.5 Å². The van der Waals surface area contributed by atoms with E-state index in [1.807, 2.05) is 30.0 Å². The SMILES string of the molecule is COc1cccc(N2CCN(C(=O)c3sc(-c4ccc(F)cc4)nc3C)CC2)c1. The van der Waals surface area contributed by atoms with Crippen LogP contribution in [0.2, 0.25) is 0 Å². The second-order valence-electron chi connectivity index (χ2n) is 6.92. The van der Waals surface area contributed by atoms with Crippen molar-refractivity contribution in [1.29, 1.82) is 0 Å². The molecule has 0 aliphatic carbocycles. The zero-order chi connectivity index (χ0) is 20.4. The fourth-order valence-corrected chi connectivity index (χ4v) is 4.47. The number of halogens is 1. The Balaban J connectivity index is 1.45. The number of rotatable bonds is 4. The number of piperazine rings is 1. The highest BCUT2D eigenvalue weighted by Gasteiger charge is 2.26. The molecule has 150 valence electrons. The molecule has 1 saturated heterocycles. The average molecular weight is 412 g/mol. The summed E-state index contributed by atoms with van der Waals surface area (Å²) < 4.78 is 18.5. The third-order valence-corrected chi connectivity index (χ3v) is 6.26. The van der Waals surface area contributed by atoms with Crippen molar-refractivity contribution in [2.45, 2.75) is 6.92 Å². The highest BCUT2D eigenvalue weighted by Crippen LogP contribution is 2.29. The van der Waals surface area contributed by atoms with Gasteiger partial charge in [-0.25, -0.2) is 9.37 Å². The molecule has 7 heteroatoms. The largest absolute Gasteiger partial charge is 0.497 e. The monoisotopic (exact) mass is 411 g/mol. The third kappa shape index (κ3) is 4.10. The predicted octanol–water partition coefficient (Wildman–Crippen LogP) is 4.23. The first kappa shape index (κ1) is 19.4.